The molecule has 0 aromatic heterocycles. The fourth-order valence-electron chi connectivity index (χ4n) is 0.917. The Morgan fingerprint density at radius 1 is 1.07 bits per heavy atom. The maximum Gasteiger partial charge on any atom is 0.139 e. The Hall–Kier alpha value is -0.410. The fourth-order valence-corrected chi connectivity index (χ4v) is 1.51. The van der Waals surface area contributed by atoms with Crippen molar-refractivity contribution in [3.8, 4) is 5.75 Å². The van der Waals surface area contributed by atoms with E-state index >= 15 is 0 Å². The second kappa shape index (κ2) is 6.23. The zero-order valence-electron chi connectivity index (χ0n) is 7.84. The third kappa shape index (κ3) is 3.92. The SMILES string of the molecule is NCC=CCOc1cc(Cl)c(Cl)cc1Cl. The molecule has 82 valence electrons. The Labute approximate surface area is 104 Å². The molecule has 1 aromatic carbocycles. The summed E-state index contributed by atoms with van der Waals surface area (Å²) >= 11 is 17.5. The van der Waals surface area contributed by atoms with Crippen LogP contribution in [0, 0.1) is 0 Å². The molecule has 0 saturated carbocycles. The molecule has 0 radical (unpaired) electrons. The Kier molecular flexibility index (Phi) is 5.26. The van der Waals surface area contributed by atoms with E-state index in [0.29, 0.717) is 34.0 Å². The van der Waals surface area contributed by atoms with E-state index in [-0.39, 0.29) is 0 Å². The normalized spacial score (nSPS) is 10.9. The number of hydrogen-bond donors (Lipinski definition) is 1. The van der Waals surface area contributed by atoms with Gasteiger partial charge in [0.25, 0.3) is 0 Å². The molecule has 2 nitrogen and oxygen atoms in total. The van der Waals surface area contributed by atoms with Crippen LogP contribution in [0.15, 0.2) is 24.3 Å². The second-order valence-electron chi connectivity index (χ2n) is 2.71. The first-order valence-corrected chi connectivity index (χ1v) is 5.41. The van der Waals surface area contributed by atoms with Gasteiger partial charge in [0.1, 0.15) is 12.4 Å². The van der Waals surface area contributed by atoms with Gasteiger partial charge in [0.15, 0.2) is 0 Å². The maximum atomic E-state index is 5.90. The third-order valence-electron chi connectivity index (χ3n) is 1.61. The summed E-state index contributed by atoms with van der Waals surface area (Å²) in [5.41, 5.74) is 5.27. The lowest BCUT2D eigenvalue weighted by atomic mass is 10.3. The van der Waals surface area contributed by atoms with Crippen molar-refractivity contribution in [2.75, 3.05) is 13.2 Å². The summed E-state index contributed by atoms with van der Waals surface area (Å²) in [5, 5.41) is 1.26. The molecule has 1 aromatic rings. The number of ether oxygens (including phenoxy) is 1. The molecule has 15 heavy (non-hydrogen) atoms. The van der Waals surface area contributed by atoms with E-state index in [1.807, 2.05) is 0 Å². The lowest BCUT2D eigenvalue weighted by Crippen LogP contribution is -1.97. The van der Waals surface area contributed by atoms with Gasteiger partial charge in [0.2, 0.25) is 0 Å². The third-order valence-corrected chi connectivity index (χ3v) is 2.63. The molecule has 5 heteroatoms. The van der Waals surface area contributed by atoms with Crippen molar-refractivity contribution in [2.45, 2.75) is 0 Å². The van der Waals surface area contributed by atoms with Crippen LogP contribution in [0.4, 0.5) is 0 Å². The number of nitrogens with two attached hydrogens (primary N) is 1. The Morgan fingerprint density at radius 2 is 1.73 bits per heavy atom. The first-order chi connectivity index (χ1) is 7.15. The number of benzene rings is 1. The zero-order valence-corrected chi connectivity index (χ0v) is 10.1. The van der Waals surface area contributed by atoms with Crippen LogP contribution in [0.1, 0.15) is 0 Å². The summed E-state index contributed by atoms with van der Waals surface area (Å²) < 4.78 is 5.36. The van der Waals surface area contributed by atoms with E-state index in [2.05, 4.69) is 0 Å². The molecule has 0 amide bonds. The molecular formula is C10H10Cl3NO. The Balaban J connectivity index is 2.69. The summed E-state index contributed by atoms with van der Waals surface area (Å²) in [6.07, 6.45) is 3.60. The van der Waals surface area contributed by atoms with Crippen molar-refractivity contribution in [1.29, 1.82) is 0 Å². The van der Waals surface area contributed by atoms with Crippen molar-refractivity contribution < 1.29 is 4.74 Å². The van der Waals surface area contributed by atoms with Crippen LogP contribution in [-0.4, -0.2) is 13.2 Å². The minimum Gasteiger partial charge on any atom is -0.488 e. The van der Waals surface area contributed by atoms with Crippen LogP contribution in [0.25, 0.3) is 0 Å². The first kappa shape index (κ1) is 12.7. The number of halogens is 3. The Bertz CT molecular complexity index is 366. The predicted molar refractivity (Wildman–Crippen MR) is 65.2 cm³/mol. The average Bonchev–Trinajstić information content (AvgIpc) is 2.20. The van der Waals surface area contributed by atoms with Gasteiger partial charge in [0, 0.05) is 12.6 Å². The highest BCUT2D eigenvalue weighted by molar-refractivity contribution is 6.43. The molecule has 0 fully saturated rings. The molecule has 0 saturated heterocycles. The van der Waals surface area contributed by atoms with Crippen molar-refractivity contribution in [2.24, 2.45) is 5.73 Å². The highest BCUT2D eigenvalue weighted by Gasteiger charge is 2.06. The lowest BCUT2D eigenvalue weighted by molar-refractivity contribution is 0.363. The largest absolute Gasteiger partial charge is 0.488 e. The zero-order chi connectivity index (χ0) is 11.3. The predicted octanol–water partition coefficient (Wildman–Crippen LogP) is 3.54. The van der Waals surface area contributed by atoms with Crippen LogP contribution in [0.3, 0.4) is 0 Å². The first-order valence-electron chi connectivity index (χ1n) is 4.27. The standard InChI is InChI=1S/C10H10Cl3NO/c11-7-5-9(13)10(6-8(7)12)15-4-2-1-3-14/h1-2,5-6H,3-4,14H2. The molecule has 0 atom stereocenters. The van der Waals surface area contributed by atoms with Gasteiger partial charge >= 0.3 is 0 Å². The lowest BCUT2D eigenvalue weighted by Gasteiger charge is -2.06. The topological polar surface area (TPSA) is 35.2 Å². The fraction of sp³-hybridized carbons (Fsp3) is 0.200. The summed E-state index contributed by atoms with van der Waals surface area (Å²) in [4.78, 5) is 0. The summed E-state index contributed by atoms with van der Waals surface area (Å²) in [6, 6.07) is 3.13. The van der Waals surface area contributed by atoms with Crippen molar-refractivity contribution in [3.63, 3.8) is 0 Å². The van der Waals surface area contributed by atoms with Crippen molar-refractivity contribution in [3.05, 3.63) is 39.4 Å². The van der Waals surface area contributed by atoms with Gasteiger partial charge in [-0.05, 0) is 6.07 Å². The highest BCUT2D eigenvalue weighted by atomic mass is 35.5. The van der Waals surface area contributed by atoms with E-state index in [1.54, 1.807) is 24.3 Å². The van der Waals surface area contributed by atoms with Gasteiger partial charge in [-0.3, -0.25) is 0 Å². The summed E-state index contributed by atoms with van der Waals surface area (Å²) in [5.74, 6) is 0.507. The summed E-state index contributed by atoms with van der Waals surface area (Å²) in [7, 11) is 0. The molecule has 2 N–H and O–H groups in total. The maximum absolute atomic E-state index is 5.90. The molecule has 0 unspecified atom stereocenters. The van der Waals surface area contributed by atoms with Gasteiger partial charge in [-0.2, -0.15) is 0 Å². The van der Waals surface area contributed by atoms with Gasteiger partial charge in [-0.1, -0.05) is 47.0 Å². The van der Waals surface area contributed by atoms with Crippen LogP contribution < -0.4 is 10.5 Å². The molecule has 0 aliphatic heterocycles. The van der Waals surface area contributed by atoms with E-state index in [9.17, 15) is 0 Å². The smallest absolute Gasteiger partial charge is 0.139 e. The van der Waals surface area contributed by atoms with E-state index in [4.69, 9.17) is 45.3 Å². The summed E-state index contributed by atoms with van der Waals surface area (Å²) in [6.45, 7) is 0.882. The number of hydrogen-bond acceptors (Lipinski definition) is 2. The van der Waals surface area contributed by atoms with Crippen LogP contribution in [0.5, 0.6) is 5.75 Å². The van der Waals surface area contributed by atoms with Crippen LogP contribution in [-0.2, 0) is 0 Å². The van der Waals surface area contributed by atoms with Crippen molar-refractivity contribution >= 4 is 34.8 Å². The minimum absolute atomic E-state index is 0.398. The molecule has 0 spiro atoms. The van der Waals surface area contributed by atoms with Crippen LogP contribution >= 0.6 is 34.8 Å². The van der Waals surface area contributed by atoms with Gasteiger partial charge in [-0.25, -0.2) is 0 Å². The molecule has 0 aliphatic carbocycles. The Morgan fingerprint density at radius 3 is 2.40 bits per heavy atom. The number of rotatable bonds is 4. The molecule has 0 heterocycles. The van der Waals surface area contributed by atoms with Crippen LogP contribution in [0.2, 0.25) is 15.1 Å². The highest BCUT2D eigenvalue weighted by Crippen LogP contribution is 2.33. The van der Waals surface area contributed by atoms with Crippen molar-refractivity contribution in [1.82, 2.24) is 0 Å². The van der Waals surface area contributed by atoms with E-state index in [1.165, 1.54) is 0 Å². The quantitative estimate of drug-likeness (QED) is 0.668. The molecule has 0 aliphatic rings. The van der Waals surface area contributed by atoms with Gasteiger partial charge in [-0.15, -0.1) is 0 Å². The van der Waals surface area contributed by atoms with Gasteiger partial charge < -0.3 is 10.5 Å². The minimum atomic E-state index is 0.398. The molecule has 1 rings (SSSR count). The molecule has 0 bridgehead atoms. The monoisotopic (exact) mass is 265 g/mol. The average molecular weight is 267 g/mol. The van der Waals surface area contributed by atoms with Gasteiger partial charge in [0.05, 0.1) is 15.1 Å². The molecular weight excluding hydrogens is 256 g/mol. The van der Waals surface area contributed by atoms with E-state index < -0.39 is 0 Å². The second-order valence-corrected chi connectivity index (χ2v) is 3.94. The van der Waals surface area contributed by atoms with E-state index in [0.717, 1.165) is 0 Å².